The van der Waals surface area contributed by atoms with Gasteiger partial charge in [0.2, 0.25) is 15.9 Å². The largest absolute Gasteiger partial charge is 0.481 e. The highest BCUT2D eigenvalue weighted by molar-refractivity contribution is 7.89. The molecule has 0 bridgehead atoms. The number of sulfonamides is 1. The van der Waals surface area contributed by atoms with Crippen molar-refractivity contribution in [1.82, 2.24) is 9.21 Å². The highest BCUT2D eigenvalue weighted by Gasteiger charge is 2.33. The van der Waals surface area contributed by atoms with Crippen molar-refractivity contribution < 1.29 is 23.1 Å². The maximum Gasteiger partial charge on any atom is 0.303 e. The lowest BCUT2D eigenvalue weighted by Crippen LogP contribution is -2.43. The topological polar surface area (TPSA) is 95.0 Å². The molecule has 8 heteroatoms. The number of aryl methyl sites for hydroxylation is 1. The van der Waals surface area contributed by atoms with E-state index in [0.29, 0.717) is 38.9 Å². The zero-order chi connectivity index (χ0) is 19.3. The average Bonchev–Trinajstić information content (AvgIpc) is 2.61. The molecule has 1 amide bonds. The third-order valence-corrected chi connectivity index (χ3v) is 6.64. The molecule has 26 heavy (non-hydrogen) atoms. The quantitative estimate of drug-likeness (QED) is 0.775. The first kappa shape index (κ1) is 20.4. The van der Waals surface area contributed by atoms with Crippen LogP contribution in [0.3, 0.4) is 0 Å². The fraction of sp³-hybridized carbons (Fsp3) is 0.556. The van der Waals surface area contributed by atoms with Crippen LogP contribution in [0.15, 0.2) is 29.2 Å². The van der Waals surface area contributed by atoms with E-state index in [2.05, 4.69) is 0 Å². The van der Waals surface area contributed by atoms with E-state index in [0.717, 1.165) is 5.56 Å². The van der Waals surface area contributed by atoms with Crippen LogP contribution in [-0.4, -0.2) is 61.3 Å². The van der Waals surface area contributed by atoms with Crippen molar-refractivity contribution in [2.24, 2.45) is 5.92 Å². The smallest absolute Gasteiger partial charge is 0.303 e. The summed E-state index contributed by atoms with van der Waals surface area (Å²) in [5.41, 5.74) is 0.999. The Kier molecular flexibility index (Phi) is 6.77. The van der Waals surface area contributed by atoms with Crippen LogP contribution in [-0.2, 0) is 19.6 Å². The number of benzene rings is 1. The fourth-order valence-corrected chi connectivity index (χ4v) is 4.56. The lowest BCUT2D eigenvalue weighted by molar-refractivity contribution is -0.139. The Morgan fingerprint density at radius 3 is 2.31 bits per heavy atom. The molecule has 0 aliphatic carbocycles. The molecular formula is C18H26N2O5S. The predicted molar refractivity (Wildman–Crippen MR) is 97.2 cm³/mol. The molecule has 1 saturated heterocycles. The lowest BCUT2D eigenvalue weighted by atomic mass is 9.96. The Morgan fingerprint density at radius 2 is 1.77 bits per heavy atom. The first-order valence-electron chi connectivity index (χ1n) is 8.75. The molecule has 0 saturated carbocycles. The number of carboxylic acids is 1. The summed E-state index contributed by atoms with van der Waals surface area (Å²) in [6.07, 6.45) is 1.41. The van der Waals surface area contributed by atoms with Crippen LogP contribution in [0.5, 0.6) is 0 Å². The van der Waals surface area contributed by atoms with Crippen LogP contribution >= 0.6 is 0 Å². The number of hydrogen-bond donors (Lipinski definition) is 1. The van der Waals surface area contributed by atoms with Gasteiger partial charge in [0.05, 0.1) is 4.90 Å². The number of aliphatic carboxylic acids is 1. The molecule has 1 fully saturated rings. The molecule has 0 spiro atoms. The number of carboxylic acid groups (broad SMARTS) is 1. The molecule has 0 atom stereocenters. The molecule has 144 valence electrons. The van der Waals surface area contributed by atoms with Gasteiger partial charge in [0.1, 0.15) is 0 Å². The van der Waals surface area contributed by atoms with Crippen molar-refractivity contribution in [3.63, 3.8) is 0 Å². The minimum atomic E-state index is -3.53. The summed E-state index contributed by atoms with van der Waals surface area (Å²) in [4.78, 5) is 24.8. The van der Waals surface area contributed by atoms with Crippen LogP contribution in [0.4, 0.5) is 0 Å². The van der Waals surface area contributed by atoms with Crippen LogP contribution in [0.2, 0.25) is 0 Å². The van der Waals surface area contributed by atoms with E-state index in [9.17, 15) is 18.0 Å². The maximum absolute atomic E-state index is 12.7. The fourth-order valence-electron chi connectivity index (χ4n) is 3.09. The minimum absolute atomic E-state index is 0.0326. The molecule has 7 nitrogen and oxygen atoms in total. The molecular weight excluding hydrogens is 356 g/mol. The van der Waals surface area contributed by atoms with E-state index in [4.69, 9.17) is 5.11 Å². The number of hydrogen-bond acceptors (Lipinski definition) is 4. The normalized spacial score (nSPS) is 16.4. The highest BCUT2D eigenvalue weighted by Crippen LogP contribution is 2.25. The lowest BCUT2D eigenvalue weighted by Gasteiger charge is -2.32. The molecule has 0 unspecified atom stereocenters. The van der Waals surface area contributed by atoms with E-state index in [-0.39, 0.29) is 23.1 Å². The first-order chi connectivity index (χ1) is 12.2. The summed E-state index contributed by atoms with van der Waals surface area (Å²) >= 11 is 0. The summed E-state index contributed by atoms with van der Waals surface area (Å²) in [5.74, 6) is -1.13. The molecule has 2 rings (SSSR count). The Morgan fingerprint density at radius 1 is 1.19 bits per heavy atom. The minimum Gasteiger partial charge on any atom is -0.481 e. The van der Waals surface area contributed by atoms with Gasteiger partial charge in [0, 0.05) is 39.0 Å². The molecule has 0 aromatic heterocycles. The number of piperidine rings is 1. The summed E-state index contributed by atoms with van der Waals surface area (Å²) < 4.78 is 26.8. The van der Waals surface area contributed by atoms with Crippen LogP contribution in [0.1, 0.15) is 31.2 Å². The molecule has 1 heterocycles. The highest BCUT2D eigenvalue weighted by atomic mass is 32.2. The summed E-state index contributed by atoms with van der Waals surface area (Å²) in [6.45, 7) is 2.93. The van der Waals surface area contributed by atoms with Gasteiger partial charge in [-0.05, 0) is 38.3 Å². The summed E-state index contributed by atoms with van der Waals surface area (Å²) in [6, 6.07) is 6.76. The van der Waals surface area contributed by atoms with Crippen molar-refractivity contribution in [3.05, 3.63) is 29.8 Å². The summed E-state index contributed by atoms with van der Waals surface area (Å²) in [7, 11) is -1.86. The number of rotatable bonds is 7. The molecule has 0 radical (unpaired) electrons. The van der Waals surface area contributed by atoms with E-state index in [1.54, 1.807) is 36.2 Å². The van der Waals surface area contributed by atoms with Crippen LogP contribution in [0, 0.1) is 12.8 Å². The van der Waals surface area contributed by atoms with Crippen LogP contribution < -0.4 is 0 Å². The van der Waals surface area contributed by atoms with Gasteiger partial charge in [0.15, 0.2) is 0 Å². The maximum atomic E-state index is 12.7. The molecule has 1 aromatic carbocycles. The third-order valence-electron chi connectivity index (χ3n) is 4.72. The third kappa shape index (κ3) is 5.04. The second kappa shape index (κ2) is 8.64. The van der Waals surface area contributed by atoms with Gasteiger partial charge in [0.25, 0.3) is 0 Å². The van der Waals surface area contributed by atoms with Crippen molar-refractivity contribution in [2.45, 2.75) is 37.5 Å². The number of nitrogens with zero attached hydrogens (tertiary/aromatic N) is 2. The Hall–Kier alpha value is -1.93. The Bertz CT molecular complexity index is 737. The van der Waals surface area contributed by atoms with Gasteiger partial charge in [-0.25, -0.2) is 8.42 Å². The number of carbonyl (C=O) groups is 2. The molecule has 1 aliphatic rings. The molecule has 1 N–H and O–H groups in total. The van der Waals surface area contributed by atoms with E-state index in [1.165, 1.54) is 4.31 Å². The van der Waals surface area contributed by atoms with Gasteiger partial charge in [-0.3, -0.25) is 9.59 Å². The van der Waals surface area contributed by atoms with Gasteiger partial charge in [-0.2, -0.15) is 4.31 Å². The molecule has 1 aromatic rings. The van der Waals surface area contributed by atoms with E-state index < -0.39 is 16.0 Å². The Labute approximate surface area is 154 Å². The van der Waals surface area contributed by atoms with Gasteiger partial charge in [-0.15, -0.1) is 0 Å². The predicted octanol–water partition coefficient (Wildman–Crippen LogP) is 1.72. The van der Waals surface area contributed by atoms with Crippen molar-refractivity contribution in [3.8, 4) is 0 Å². The zero-order valence-corrected chi connectivity index (χ0v) is 16.0. The second-order valence-electron chi connectivity index (χ2n) is 6.75. The van der Waals surface area contributed by atoms with Crippen molar-refractivity contribution in [2.75, 3.05) is 26.7 Å². The monoisotopic (exact) mass is 382 g/mol. The number of carbonyl (C=O) groups excluding carboxylic acids is 1. The van der Waals surface area contributed by atoms with Gasteiger partial charge < -0.3 is 10.0 Å². The SMILES string of the molecule is Cc1ccc(S(=O)(=O)N2CCC(C(=O)N(C)CCCC(=O)O)CC2)cc1. The van der Waals surface area contributed by atoms with E-state index in [1.807, 2.05) is 6.92 Å². The molecule has 1 aliphatic heterocycles. The van der Waals surface area contributed by atoms with E-state index >= 15 is 0 Å². The van der Waals surface area contributed by atoms with Gasteiger partial charge >= 0.3 is 5.97 Å². The van der Waals surface area contributed by atoms with Crippen LogP contribution in [0.25, 0.3) is 0 Å². The number of amides is 1. The van der Waals surface area contributed by atoms with Crippen molar-refractivity contribution >= 4 is 21.9 Å². The Balaban J connectivity index is 1.90. The standard InChI is InChI=1S/C18H26N2O5S/c1-14-5-7-16(8-6-14)26(24,25)20-12-9-15(10-13-20)18(23)19(2)11-3-4-17(21)22/h5-8,15H,3-4,9-13H2,1-2H3,(H,21,22). The summed E-state index contributed by atoms with van der Waals surface area (Å²) in [5, 5.41) is 8.66. The van der Waals surface area contributed by atoms with Crippen molar-refractivity contribution in [1.29, 1.82) is 0 Å². The second-order valence-corrected chi connectivity index (χ2v) is 8.69. The van der Waals surface area contributed by atoms with Gasteiger partial charge in [-0.1, -0.05) is 17.7 Å². The first-order valence-corrected chi connectivity index (χ1v) is 10.2. The zero-order valence-electron chi connectivity index (χ0n) is 15.2. The average molecular weight is 382 g/mol.